The highest BCUT2D eigenvalue weighted by molar-refractivity contribution is 4.83. The first-order valence-electron chi connectivity index (χ1n) is 5.07. The van der Waals surface area contributed by atoms with E-state index in [0.29, 0.717) is 5.92 Å². The highest BCUT2D eigenvalue weighted by atomic mass is 16.1. The molecule has 0 unspecified atom stereocenters. The summed E-state index contributed by atoms with van der Waals surface area (Å²) in [6, 6.07) is 1.51. The monoisotopic (exact) mass is 193 g/mol. The molecule has 4 nitrogen and oxygen atoms in total. The predicted molar refractivity (Wildman–Crippen MR) is 54.1 cm³/mol. The molecule has 76 valence electrons. The third-order valence-electron chi connectivity index (χ3n) is 2.71. The minimum Gasteiger partial charge on any atom is -0.317 e. The van der Waals surface area contributed by atoms with E-state index in [1.807, 2.05) is 0 Å². The Labute approximate surface area is 83.0 Å². The lowest BCUT2D eigenvalue weighted by Gasteiger charge is -2.22. The number of aromatic nitrogens is 2. The van der Waals surface area contributed by atoms with Gasteiger partial charge in [-0.1, -0.05) is 0 Å². The summed E-state index contributed by atoms with van der Waals surface area (Å²) >= 11 is 0. The third-order valence-corrected chi connectivity index (χ3v) is 2.71. The smallest absolute Gasteiger partial charge is 0.253 e. The van der Waals surface area contributed by atoms with Crippen molar-refractivity contribution < 1.29 is 0 Å². The Bertz CT molecular complexity index is 341. The predicted octanol–water partition coefficient (Wildman–Crippen LogP) is 0.243. The van der Waals surface area contributed by atoms with Crippen LogP contribution in [-0.2, 0) is 6.54 Å². The molecule has 1 aromatic heterocycles. The summed E-state index contributed by atoms with van der Waals surface area (Å²) in [6.07, 6.45) is 5.48. The van der Waals surface area contributed by atoms with E-state index >= 15 is 0 Å². The molecular formula is C10H15N3O. The van der Waals surface area contributed by atoms with E-state index in [0.717, 1.165) is 32.5 Å². The van der Waals surface area contributed by atoms with Crippen LogP contribution in [0.2, 0.25) is 0 Å². The molecule has 0 atom stereocenters. The van der Waals surface area contributed by atoms with Gasteiger partial charge in [0.05, 0.1) is 6.33 Å². The average molecular weight is 193 g/mol. The second-order valence-electron chi connectivity index (χ2n) is 3.76. The van der Waals surface area contributed by atoms with Crippen molar-refractivity contribution in [3.05, 3.63) is 28.9 Å². The Balaban J connectivity index is 2.03. The van der Waals surface area contributed by atoms with Crippen LogP contribution >= 0.6 is 0 Å². The Kier molecular flexibility index (Phi) is 2.93. The molecule has 1 aliphatic rings. The standard InChI is InChI=1S/C10H15N3O/c14-10-3-6-12-8-13(10)7-9-1-4-11-5-2-9/h3,6,8-9,11H,1-2,4-5,7H2. The zero-order valence-corrected chi connectivity index (χ0v) is 8.15. The summed E-state index contributed by atoms with van der Waals surface area (Å²) in [5.41, 5.74) is 0.0542. The average Bonchev–Trinajstić information content (AvgIpc) is 2.23. The Morgan fingerprint density at radius 1 is 1.50 bits per heavy atom. The van der Waals surface area contributed by atoms with Crippen molar-refractivity contribution in [2.24, 2.45) is 5.92 Å². The molecule has 0 saturated carbocycles. The molecule has 0 amide bonds. The van der Waals surface area contributed by atoms with Crippen LogP contribution in [0.25, 0.3) is 0 Å². The van der Waals surface area contributed by atoms with Crippen LogP contribution in [0, 0.1) is 5.92 Å². The summed E-state index contributed by atoms with van der Waals surface area (Å²) in [4.78, 5) is 15.4. The first-order valence-corrected chi connectivity index (χ1v) is 5.07. The maximum atomic E-state index is 11.4. The van der Waals surface area contributed by atoms with E-state index in [4.69, 9.17) is 0 Å². The largest absolute Gasteiger partial charge is 0.317 e. The fourth-order valence-electron chi connectivity index (χ4n) is 1.86. The molecule has 0 spiro atoms. The van der Waals surface area contributed by atoms with Crippen LogP contribution in [0.4, 0.5) is 0 Å². The summed E-state index contributed by atoms with van der Waals surface area (Å²) < 4.78 is 1.70. The fraction of sp³-hybridized carbons (Fsp3) is 0.600. The zero-order valence-electron chi connectivity index (χ0n) is 8.15. The molecule has 1 fully saturated rings. The van der Waals surface area contributed by atoms with Crippen molar-refractivity contribution in [1.29, 1.82) is 0 Å². The van der Waals surface area contributed by atoms with E-state index in [9.17, 15) is 4.79 Å². The molecule has 1 aliphatic heterocycles. The van der Waals surface area contributed by atoms with E-state index in [2.05, 4.69) is 10.3 Å². The third kappa shape index (κ3) is 2.20. The lowest BCUT2D eigenvalue weighted by Crippen LogP contribution is -2.32. The van der Waals surface area contributed by atoms with Gasteiger partial charge in [-0.05, 0) is 31.8 Å². The molecule has 0 bridgehead atoms. The van der Waals surface area contributed by atoms with Gasteiger partial charge in [-0.15, -0.1) is 0 Å². The Morgan fingerprint density at radius 2 is 2.29 bits per heavy atom. The van der Waals surface area contributed by atoms with E-state index in [1.54, 1.807) is 17.1 Å². The van der Waals surface area contributed by atoms with Crippen molar-refractivity contribution in [3.8, 4) is 0 Å². The summed E-state index contributed by atoms with van der Waals surface area (Å²) in [5.74, 6) is 0.623. The number of hydrogen-bond donors (Lipinski definition) is 1. The second-order valence-corrected chi connectivity index (χ2v) is 3.76. The number of piperidine rings is 1. The molecule has 1 saturated heterocycles. The van der Waals surface area contributed by atoms with Gasteiger partial charge in [0.25, 0.3) is 5.56 Å². The van der Waals surface area contributed by atoms with Crippen molar-refractivity contribution in [2.45, 2.75) is 19.4 Å². The molecule has 0 aromatic carbocycles. The Morgan fingerprint density at radius 3 is 3.00 bits per heavy atom. The van der Waals surface area contributed by atoms with Crippen LogP contribution in [-0.4, -0.2) is 22.6 Å². The van der Waals surface area contributed by atoms with E-state index in [-0.39, 0.29) is 5.56 Å². The van der Waals surface area contributed by atoms with Gasteiger partial charge in [0.2, 0.25) is 0 Å². The number of nitrogens with zero attached hydrogens (tertiary/aromatic N) is 2. The van der Waals surface area contributed by atoms with Crippen LogP contribution in [0.3, 0.4) is 0 Å². The zero-order chi connectivity index (χ0) is 9.80. The topological polar surface area (TPSA) is 46.9 Å². The van der Waals surface area contributed by atoms with Crippen molar-refractivity contribution in [1.82, 2.24) is 14.9 Å². The molecule has 2 heterocycles. The van der Waals surface area contributed by atoms with Gasteiger partial charge < -0.3 is 5.32 Å². The molecule has 2 rings (SSSR count). The minimum atomic E-state index is 0.0542. The normalized spacial score (nSPS) is 18.3. The van der Waals surface area contributed by atoms with E-state index < -0.39 is 0 Å². The number of rotatable bonds is 2. The van der Waals surface area contributed by atoms with Crippen molar-refractivity contribution in [3.63, 3.8) is 0 Å². The molecule has 0 aliphatic carbocycles. The quantitative estimate of drug-likeness (QED) is 0.732. The van der Waals surface area contributed by atoms with Gasteiger partial charge in [0, 0.05) is 18.8 Å². The van der Waals surface area contributed by atoms with Crippen LogP contribution in [0.1, 0.15) is 12.8 Å². The highest BCUT2D eigenvalue weighted by Crippen LogP contribution is 2.12. The summed E-state index contributed by atoms with van der Waals surface area (Å²) in [5, 5.41) is 3.31. The van der Waals surface area contributed by atoms with Gasteiger partial charge in [-0.25, -0.2) is 4.98 Å². The van der Waals surface area contributed by atoms with Crippen LogP contribution in [0.5, 0.6) is 0 Å². The molecule has 0 radical (unpaired) electrons. The minimum absolute atomic E-state index is 0.0542. The van der Waals surface area contributed by atoms with Gasteiger partial charge >= 0.3 is 0 Å². The maximum Gasteiger partial charge on any atom is 0.253 e. The summed E-state index contributed by atoms with van der Waals surface area (Å²) in [7, 11) is 0. The fourth-order valence-corrected chi connectivity index (χ4v) is 1.86. The SMILES string of the molecule is O=c1ccncn1CC1CCNCC1. The lowest BCUT2D eigenvalue weighted by molar-refractivity contribution is 0.328. The van der Waals surface area contributed by atoms with E-state index in [1.165, 1.54) is 6.07 Å². The van der Waals surface area contributed by atoms with Crippen LogP contribution in [0.15, 0.2) is 23.4 Å². The van der Waals surface area contributed by atoms with Gasteiger partial charge in [0.15, 0.2) is 0 Å². The summed E-state index contributed by atoms with van der Waals surface area (Å²) in [6.45, 7) is 2.95. The number of hydrogen-bond acceptors (Lipinski definition) is 3. The second kappa shape index (κ2) is 4.37. The highest BCUT2D eigenvalue weighted by Gasteiger charge is 2.13. The van der Waals surface area contributed by atoms with Gasteiger partial charge in [-0.2, -0.15) is 0 Å². The number of nitrogens with one attached hydrogen (secondary N) is 1. The molecule has 4 heteroatoms. The van der Waals surface area contributed by atoms with Gasteiger partial charge in [-0.3, -0.25) is 9.36 Å². The lowest BCUT2D eigenvalue weighted by atomic mass is 9.98. The first kappa shape index (κ1) is 9.40. The van der Waals surface area contributed by atoms with Crippen molar-refractivity contribution in [2.75, 3.05) is 13.1 Å². The Hall–Kier alpha value is -1.16. The molecular weight excluding hydrogens is 178 g/mol. The maximum absolute atomic E-state index is 11.4. The molecule has 1 aromatic rings. The van der Waals surface area contributed by atoms with Crippen molar-refractivity contribution >= 4 is 0 Å². The first-order chi connectivity index (χ1) is 6.86. The van der Waals surface area contributed by atoms with Gasteiger partial charge in [0.1, 0.15) is 0 Å². The van der Waals surface area contributed by atoms with Crippen LogP contribution < -0.4 is 10.9 Å². The molecule has 14 heavy (non-hydrogen) atoms. The molecule has 1 N–H and O–H groups in total.